The fraction of sp³-hybridized carbons (Fsp3) is 0.522. The number of fused-ring (bicyclic) bond motifs is 1. The van der Waals surface area contributed by atoms with Gasteiger partial charge in [0.25, 0.3) is 5.91 Å². The van der Waals surface area contributed by atoms with Crippen molar-refractivity contribution in [2.24, 2.45) is 11.3 Å². The third kappa shape index (κ3) is 3.86. The van der Waals surface area contributed by atoms with Crippen molar-refractivity contribution in [3.63, 3.8) is 0 Å². The second-order valence-electron chi connectivity index (χ2n) is 8.84. The molecule has 1 aromatic heterocycles. The fourth-order valence-electron chi connectivity index (χ4n) is 4.48. The highest BCUT2D eigenvalue weighted by molar-refractivity contribution is 5.98. The van der Waals surface area contributed by atoms with E-state index >= 15 is 0 Å². The lowest BCUT2D eigenvalue weighted by Crippen LogP contribution is -2.47. The molecule has 0 saturated carbocycles. The molecular formula is C23H29N3O3. The number of aromatic nitrogens is 1. The van der Waals surface area contributed by atoms with Crippen molar-refractivity contribution in [3.8, 4) is 0 Å². The highest BCUT2D eigenvalue weighted by Crippen LogP contribution is 2.32. The number of ether oxygens (including phenoxy) is 1. The molecule has 3 heterocycles. The van der Waals surface area contributed by atoms with Gasteiger partial charge in [0.1, 0.15) is 0 Å². The fourth-order valence-corrected chi connectivity index (χ4v) is 4.48. The highest BCUT2D eigenvalue weighted by Gasteiger charge is 2.42. The van der Waals surface area contributed by atoms with Crippen molar-refractivity contribution in [3.05, 3.63) is 41.6 Å². The topological polar surface area (TPSA) is 71.5 Å². The molecular weight excluding hydrogens is 366 g/mol. The standard InChI is InChI=1S/C23H29N3O3/c1-15-7-9-24-19-6-5-17(11-18(15)19)21(27)25-20-13-26(12-16(20)2)22(28)23(3)8-4-10-29-14-23/h5-7,9,11,16,20H,4,8,10,12-14H2,1-3H3,(H,25,27)/t16-,20-,23?/m1/s1. The summed E-state index contributed by atoms with van der Waals surface area (Å²) >= 11 is 0. The van der Waals surface area contributed by atoms with Gasteiger partial charge in [0.15, 0.2) is 0 Å². The molecule has 2 saturated heterocycles. The molecule has 0 radical (unpaired) electrons. The predicted octanol–water partition coefficient (Wildman–Crippen LogP) is 2.94. The van der Waals surface area contributed by atoms with E-state index < -0.39 is 5.41 Å². The number of amides is 2. The van der Waals surface area contributed by atoms with Crippen molar-refractivity contribution in [1.82, 2.24) is 15.2 Å². The van der Waals surface area contributed by atoms with E-state index in [9.17, 15) is 9.59 Å². The zero-order chi connectivity index (χ0) is 20.6. The minimum absolute atomic E-state index is 0.0507. The molecule has 0 spiro atoms. The summed E-state index contributed by atoms with van der Waals surface area (Å²) in [5.41, 5.74) is 2.16. The Balaban J connectivity index is 1.45. The first kappa shape index (κ1) is 19.8. The third-order valence-electron chi connectivity index (χ3n) is 6.39. The Morgan fingerprint density at radius 3 is 2.86 bits per heavy atom. The maximum Gasteiger partial charge on any atom is 0.251 e. The first-order valence-electron chi connectivity index (χ1n) is 10.4. The van der Waals surface area contributed by atoms with E-state index in [4.69, 9.17) is 4.74 Å². The van der Waals surface area contributed by atoms with Crippen LogP contribution in [0.5, 0.6) is 0 Å². The van der Waals surface area contributed by atoms with E-state index in [0.717, 1.165) is 35.9 Å². The van der Waals surface area contributed by atoms with Crippen LogP contribution in [0.1, 0.15) is 42.6 Å². The van der Waals surface area contributed by atoms with Gasteiger partial charge in [-0.2, -0.15) is 0 Å². The quantitative estimate of drug-likeness (QED) is 0.867. The smallest absolute Gasteiger partial charge is 0.251 e. The van der Waals surface area contributed by atoms with Crippen LogP contribution in [0, 0.1) is 18.3 Å². The molecule has 154 valence electrons. The van der Waals surface area contributed by atoms with Crippen LogP contribution in [0.4, 0.5) is 0 Å². The summed E-state index contributed by atoms with van der Waals surface area (Å²) in [4.78, 5) is 32.2. The highest BCUT2D eigenvalue weighted by atomic mass is 16.5. The lowest BCUT2D eigenvalue weighted by molar-refractivity contribution is -0.147. The Hall–Kier alpha value is -2.47. The number of nitrogens with one attached hydrogen (secondary N) is 1. The molecule has 2 amide bonds. The predicted molar refractivity (Wildman–Crippen MR) is 112 cm³/mol. The molecule has 0 bridgehead atoms. The Labute approximate surface area is 171 Å². The van der Waals surface area contributed by atoms with E-state index in [-0.39, 0.29) is 23.8 Å². The summed E-state index contributed by atoms with van der Waals surface area (Å²) < 4.78 is 5.56. The largest absolute Gasteiger partial charge is 0.380 e. The second kappa shape index (κ2) is 7.75. The van der Waals surface area contributed by atoms with Gasteiger partial charge in [-0.05, 0) is 62.4 Å². The molecule has 2 aliphatic rings. The Morgan fingerprint density at radius 2 is 2.10 bits per heavy atom. The van der Waals surface area contributed by atoms with E-state index in [0.29, 0.717) is 25.3 Å². The Morgan fingerprint density at radius 1 is 1.28 bits per heavy atom. The average Bonchev–Trinajstić information content (AvgIpc) is 3.08. The maximum absolute atomic E-state index is 13.1. The van der Waals surface area contributed by atoms with Crippen LogP contribution in [0.2, 0.25) is 0 Å². The molecule has 29 heavy (non-hydrogen) atoms. The van der Waals surface area contributed by atoms with E-state index in [2.05, 4.69) is 17.2 Å². The zero-order valence-electron chi connectivity index (χ0n) is 17.4. The molecule has 2 fully saturated rings. The summed E-state index contributed by atoms with van der Waals surface area (Å²) in [7, 11) is 0. The molecule has 2 aromatic rings. The number of pyridine rings is 1. The first-order chi connectivity index (χ1) is 13.9. The van der Waals surface area contributed by atoms with Crippen LogP contribution in [-0.2, 0) is 9.53 Å². The lowest BCUT2D eigenvalue weighted by atomic mass is 9.83. The van der Waals surface area contributed by atoms with Gasteiger partial charge >= 0.3 is 0 Å². The van der Waals surface area contributed by atoms with Gasteiger partial charge in [-0.25, -0.2) is 0 Å². The molecule has 3 atom stereocenters. The molecule has 1 unspecified atom stereocenters. The van der Waals surface area contributed by atoms with Crippen molar-refractivity contribution >= 4 is 22.7 Å². The minimum Gasteiger partial charge on any atom is -0.380 e. The molecule has 2 aliphatic heterocycles. The first-order valence-corrected chi connectivity index (χ1v) is 10.4. The summed E-state index contributed by atoms with van der Waals surface area (Å²) in [5, 5.41) is 4.13. The number of rotatable bonds is 3. The second-order valence-corrected chi connectivity index (χ2v) is 8.84. The number of carbonyl (C=O) groups excluding carboxylic acids is 2. The van der Waals surface area contributed by atoms with Crippen molar-refractivity contribution < 1.29 is 14.3 Å². The van der Waals surface area contributed by atoms with Gasteiger partial charge in [0, 0.05) is 36.8 Å². The monoisotopic (exact) mass is 395 g/mol. The van der Waals surface area contributed by atoms with Gasteiger partial charge in [0.2, 0.25) is 5.91 Å². The molecule has 1 N–H and O–H groups in total. The van der Waals surface area contributed by atoms with Gasteiger partial charge < -0.3 is 15.0 Å². The molecule has 1 aromatic carbocycles. The van der Waals surface area contributed by atoms with Crippen LogP contribution in [-0.4, -0.2) is 54.0 Å². The van der Waals surface area contributed by atoms with Gasteiger partial charge in [-0.15, -0.1) is 0 Å². The summed E-state index contributed by atoms with van der Waals surface area (Å²) in [6.45, 7) is 8.54. The zero-order valence-corrected chi connectivity index (χ0v) is 17.4. The van der Waals surface area contributed by atoms with Crippen LogP contribution in [0.3, 0.4) is 0 Å². The SMILES string of the molecule is Cc1ccnc2ccc(C(=O)N[C@@H]3CN(C(=O)C4(C)CCCOC4)C[C@H]3C)cc12. The number of aryl methyl sites for hydroxylation is 1. The number of carbonyl (C=O) groups is 2. The van der Waals surface area contributed by atoms with E-state index in [1.165, 1.54) is 0 Å². The summed E-state index contributed by atoms with van der Waals surface area (Å²) in [6, 6.07) is 7.49. The molecule has 4 rings (SSSR count). The van der Waals surface area contributed by atoms with Crippen LogP contribution in [0.15, 0.2) is 30.5 Å². The summed E-state index contributed by atoms with van der Waals surface area (Å²) in [6.07, 6.45) is 3.56. The van der Waals surface area contributed by atoms with Gasteiger partial charge in [-0.1, -0.05) is 6.92 Å². The van der Waals surface area contributed by atoms with Crippen LogP contribution >= 0.6 is 0 Å². The maximum atomic E-state index is 13.1. The normalized spacial score (nSPS) is 27.2. The number of hydrogen-bond acceptors (Lipinski definition) is 4. The van der Waals surface area contributed by atoms with Crippen LogP contribution in [0.25, 0.3) is 10.9 Å². The average molecular weight is 396 g/mol. The minimum atomic E-state index is -0.445. The summed E-state index contributed by atoms with van der Waals surface area (Å²) in [5.74, 6) is 0.251. The third-order valence-corrected chi connectivity index (χ3v) is 6.39. The number of nitrogens with zero attached hydrogens (tertiary/aromatic N) is 2. The van der Waals surface area contributed by atoms with Crippen molar-refractivity contribution in [2.75, 3.05) is 26.3 Å². The number of hydrogen-bond donors (Lipinski definition) is 1. The Kier molecular flexibility index (Phi) is 5.30. The molecule has 6 nitrogen and oxygen atoms in total. The van der Waals surface area contributed by atoms with Gasteiger partial charge in [-0.3, -0.25) is 14.6 Å². The van der Waals surface area contributed by atoms with E-state index in [1.807, 2.05) is 43.0 Å². The van der Waals surface area contributed by atoms with Crippen LogP contribution < -0.4 is 5.32 Å². The van der Waals surface area contributed by atoms with Gasteiger partial charge in [0.05, 0.1) is 23.6 Å². The van der Waals surface area contributed by atoms with Crippen molar-refractivity contribution in [2.45, 2.75) is 39.7 Å². The van der Waals surface area contributed by atoms with Crippen molar-refractivity contribution in [1.29, 1.82) is 0 Å². The number of likely N-dealkylation sites (tertiary alicyclic amines) is 1. The molecule has 6 heteroatoms. The lowest BCUT2D eigenvalue weighted by Gasteiger charge is -2.35. The Bertz CT molecular complexity index is 936. The van der Waals surface area contributed by atoms with E-state index in [1.54, 1.807) is 6.20 Å². The number of benzene rings is 1. The molecule has 0 aliphatic carbocycles.